The van der Waals surface area contributed by atoms with Crippen LogP contribution in [0.4, 0.5) is 10.3 Å². The lowest BCUT2D eigenvalue weighted by Crippen LogP contribution is -2.29. The van der Waals surface area contributed by atoms with Crippen molar-refractivity contribution in [1.82, 2.24) is 29.7 Å². The zero-order chi connectivity index (χ0) is 25.9. The lowest BCUT2D eigenvalue weighted by molar-refractivity contribution is 0.391. The lowest BCUT2D eigenvalue weighted by Gasteiger charge is -2.19. The Labute approximate surface area is 214 Å². The van der Waals surface area contributed by atoms with Gasteiger partial charge < -0.3 is 9.47 Å². The highest BCUT2D eigenvalue weighted by Gasteiger charge is 2.28. The van der Waals surface area contributed by atoms with Crippen molar-refractivity contribution in [3.8, 4) is 28.6 Å². The maximum Gasteiger partial charge on any atom is 0.243 e. The predicted octanol–water partition coefficient (Wildman–Crippen LogP) is 3.41. The molecule has 0 spiro atoms. The summed E-state index contributed by atoms with van der Waals surface area (Å²) in [7, 11) is -1.05. The first kappa shape index (κ1) is 25.4. The van der Waals surface area contributed by atoms with Crippen LogP contribution >= 0.6 is 15.9 Å². The number of ether oxygens (including phenoxy) is 2. The molecule has 0 unspecified atom stereocenters. The maximum atomic E-state index is 13.3. The second-order valence-electron chi connectivity index (χ2n) is 7.56. The van der Waals surface area contributed by atoms with Crippen molar-refractivity contribution in [3.63, 3.8) is 0 Å². The minimum absolute atomic E-state index is 0.0514. The van der Waals surface area contributed by atoms with E-state index in [0.29, 0.717) is 33.0 Å². The molecule has 4 rings (SSSR count). The molecule has 0 aliphatic carbocycles. The molecule has 14 heteroatoms. The van der Waals surface area contributed by atoms with Crippen LogP contribution in [0.25, 0.3) is 17.1 Å². The summed E-state index contributed by atoms with van der Waals surface area (Å²) in [5.41, 5.74) is 0.942. The van der Waals surface area contributed by atoms with Gasteiger partial charge in [-0.3, -0.25) is 14.3 Å². The summed E-state index contributed by atoms with van der Waals surface area (Å²) in [6.07, 6.45) is 5.09. The topological polar surface area (TPSA) is 134 Å². The van der Waals surface area contributed by atoms with Crippen LogP contribution in [0.1, 0.15) is 12.7 Å². The Morgan fingerprint density at radius 1 is 1.08 bits per heavy atom. The van der Waals surface area contributed by atoms with Crippen molar-refractivity contribution in [2.45, 2.75) is 18.6 Å². The Bertz CT molecular complexity index is 1460. The number of pyridine rings is 1. The average molecular weight is 578 g/mol. The van der Waals surface area contributed by atoms with E-state index in [4.69, 9.17) is 9.47 Å². The molecule has 4 aromatic rings. The zero-order valence-corrected chi connectivity index (χ0v) is 21.8. The number of benzene rings is 1. The Morgan fingerprint density at radius 2 is 1.75 bits per heavy atom. The number of sulfonamides is 1. The summed E-state index contributed by atoms with van der Waals surface area (Å²) in [6.45, 7) is 1.48. The number of rotatable bonds is 9. The van der Waals surface area contributed by atoms with Crippen molar-refractivity contribution < 1.29 is 22.3 Å². The summed E-state index contributed by atoms with van der Waals surface area (Å²) >= 11 is 3.39. The van der Waals surface area contributed by atoms with Gasteiger partial charge in [-0.15, -0.1) is 10.2 Å². The molecule has 3 heterocycles. The Balaban J connectivity index is 1.81. The normalized spacial score (nSPS) is 12.2. The van der Waals surface area contributed by atoms with Crippen molar-refractivity contribution in [2.75, 3.05) is 18.9 Å². The third-order valence-electron chi connectivity index (χ3n) is 5.16. The van der Waals surface area contributed by atoms with E-state index < -0.39 is 21.1 Å². The number of nitrogens with zero attached hydrogens (tertiary/aromatic N) is 6. The number of anilines is 1. The highest BCUT2D eigenvalue weighted by atomic mass is 79.9. The van der Waals surface area contributed by atoms with Gasteiger partial charge in [0.15, 0.2) is 11.6 Å². The predicted molar refractivity (Wildman–Crippen MR) is 133 cm³/mol. The van der Waals surface area contributed by atoms with Gasteiger partial charge >= 0.3 is 0 Å². The van der Waals surface area contributed by atoms with Gasteiger partial charge in [-0.2, -0.15) is 0 Å². The van der Waals surface area contributed by atoms with Crippen LogP contribution in [0.15, 0.2) is 53.5 Å². The summed E-state index contributed by atoms with van der Waals surface area (Å²) < 4.78 is 55.4. The standard InChI is InChI=1S/C22H21BrFN7O4S/c1-13(7-19-26-11-16(24)12-27-19)36(32,33)30-22-29-28-21(14-8-15(23)10-25-9-14)31(22)20-17(34-2)5-4-6-18(20)35-3/h4-6,8-13H,7H2,1-3H3,(H,29,30)/t13-/m0/s1. The van der Waals surface area contributed by atoms with Gasteiger partial charge in [0.1, 0.15) is 23.0 Å². The molecule has 3 aromatic heterocycles. The number of nitrogens with one attached hydrogen (secondary N) is 1. The van der Waals surface area contributed by atoms with Gasteiger partial charge in [-0.1, -0.05) is 6.07 Å². The van der Waals surface area contributed by atoms with E-state index in [0.717, 1.165) is 12.4 Å². The third kappa shape index (κ3) is 5.28. The molecule has 0 saturated heterocycles. The third-order valence-corrected chi connectivity index (χ3v) is 7.29. The first-order chi connectivity index (χ1) is 17.2. The molecule has 0 aliphatic rings. The minimum Gasteiger partial charge on any atom is -0.494 e. The second kappa shape index (κ2) is 10.5. The average Bonchev–Trinajstić information content (AvgIpc) is 3.27. The van der Waals surface area contributed by atoms with E-state index in [-0.39, 0.29) is 18.2 Å². The molecule has 0 aliphatic heterocycles. The molecule has 0 amide bonds. The first-order valence-electron chi connectivity index (χ1n) is 10.5. The molecule has 0 bridgehead atoms. The van der Waals surface area contributed by atoms with Gasteiger partial charge in [0.05, 0.1) is 31.9 Å². The van der Waals surface area contributed by atoms with Crippen molar-refractivity contribution in [1.29, 1.82) is 0 Å². The molecule has 1 aromatic carbocycles. The molecular weight excluding hydrogens is 557 g/mol. The number of halogens is 2. The van der Waals surface area contributed by atoms with Gasteiger partial charge in [0, 0.05) is 28.9 Å². The van der Waals surface area contributed by atoms with Crippen LogP contribution in [0.3, 0.4) is 0 Å². The van der Waals surface area contributed by atoms with E-state index in [1.54, 1.807) is 36.7 Å². The van der Waals surface area contributed by atoms with Gasteiger partial charge in [0.25, 0.3) is 0 Å². The molecule has 1 atom stereocenters. The molecular formula is C22H21BrFN7O4S. The minimum atomic E-state index is -4.02. The summed E-state index contributed by atoms with van der Waals surface area (Å²) in [4.78, 5) is 11.9. The smallest absolute Gasteiger partial charge is 0.243 e. The Morgan fingerprint density at radius 3 is 2.36 bits per heavy atom. The van der Waals surface area contributed by atoms with Crippen LogP contribution in [-0.2, 0) is 16.4 Å². The fraction of sp³-hybridized carbons (Fsp3) is 0.227. The molecule has 0 fully saturated rings. The molecule has 1 N–H and O–H groups in total. The van der Waals surface area contributed by atoms with Crippen LogP contribution in [0, 0.1) is 5.82 Å². The van der Waals surface area contributed by atoms with Gasteiger partial charge in [0.2, 0.25) is 16.0 Å². The van der Waals surface area contributed by atoms with Gasteiger partial charge in [-0.25, -0.2) is 22.8 Å². The number of hydrogen-bond acceptors (Lipinski definition) is 9. The number of para-hydroxylation sites is 1. The molecule has 0 saturated carbocycles. The molecule has 36 heavy (non-hydrogen) atoms. The Kier molecular flexibility index (Phi) is 7.45. The van der Waals surface area contributed by atoms with E-state index in [1.807, 2.05) is 0 Å². The van der Waals surface area contributed by atoms with Crippen molar-refractivity contribution in [2.24, 2.45) is 0 Å². The van der Waals surface area contributed by atoms with Crippen molar-refractivity contribution >= 4 is 31.9 Å². The van der Waals surface area contributed by atoms with Crippen molar-refractivity contribution in [3.05, 3.63) is 65.2 Å². The summed E-state index contributed by atoms with van der Waals surface area (Å²) in [5.74, 6) is 0.556. The number of aromatic nitrogens is 6. The maximum absolute atomic E-state index is 13.3. The van der Waals surface area contributed by atoms with Crippen LogP contribution in [-0.4, -0.2) is 57.6 Å². The largest absolute Gasteiger partial charge is 0.494 e. The summed E-state index contributed by atoms with van der Waals surface area (Å²) in [5, 5.41) is 7.38. The number of methoxy groups -OCH3 is 2. The van der Waals surface area contributed by atoms with E-state index in [9.17, 15) is 12.8 Å². The fourth-order valence-corrected chi connectivity index (χ4v) is 4.70. The highest BCUT2D eigenvalue weighted by molar-refractivity contribution is 9.10. The summed E-state index contributed by atoms with van der Waals surface area (Å²) in [6, 6.07) is 6.91. The van der Waals surface area contributed by atoms with Crippen LogP contribution in [0.5, 0.6) is 11.5 Å². The molecule has 11 nitrogen and oxygen atoms in total. The van der Waals surface area contributed by atoms with E-state index in [2.05, 4.69) is 45.8 Å². The van der Waals surface area contributed by atoms with E-state index >= 15 is 0 Å². The Hall–Kier alpha value is -3.65. The highest BCUT2D eigenvalue weighted by Crippen LogP contribution is 2.38. The van der Waals surface area contributed by atoms with Crippen LogP contribution in [0.2, 0.25) is 0 Å². The monoisotopic (exact) mass is 577 g/mol. The lowest BCUT2D eigenvalue weighted by atomic mass is 10.2. The molecule has 0 radical (unpaired) electrons. The second-order valence-corrected chi connectivity index (χ2v) is 10.6. The van der Waals surface area contributed by atoms with Crippen LogP contribution < -0.4 is 14.2 Å². The quantitative estimate of drug-likeness (QED) is 0.317. The SMILES string of the molecule is COc1cccc(OC)c1-n1c(NS(=O)(=O)[C@@H](C)Cc2ncc(F)cn2)nnc1-c1cncc(Br)c1. The first-order valence-corrected chi connectivity index (χ1v) is 12.8. The molecule has 188 valence electrons. The zero-order valence-electron chi connectivity index (χ0n) is 19.4. The van der Waals surface area contributed by atoms with Gasteiger partial charge in [-0.05, 0) is 41.1 Å². The van der Waals surface area contributed by atoms with E-state index in [1.165, 1.54) is 25.7 Å². The fourth-order valence-electron chi connectivity index (χ4n) is 3.37. The number of hydrogen-bond donors (Lipinski definition) is 1.